The van der Waals surface area contributed by atoms with Gasteiger partial charge in [0.1, 0.15) is 5.82 Å². The average Bonchev–Trinajstić information content (AvgIpc) is 2.83. The highest BCUT2D eigenvalue weighted by Crippen LogP contribution is 2.29. The molecule has 102 valence electrons. The van der Waals surface area contributed by atoms with Gasteiger partial charge in [-0.1, -0.05) is 38.8 Å². The van der Waals surface area contributed by atoms with Crippen LogP contribution in [0.3, 0.4) is 0 Å². The fraction of sp³-hybridized carbons (Fsp3) is 0.562. The van der Waals surface area contributed by atoms with Gasteiger partial charge in [0, 0.05) is 6.04 Å². The second-order valence-corrected chi connectivity index (χ2v) is 5.96. The third-order valence-electron chi connectivity index (χ3n) is 4.68. The van der Waals surface area contributed by atoms with E-state index >= 15 is 0 Å². The van der Waals surface area contributed by atoms with E-state index in [0.717, 1.165) is 35.2 Å². The van der Waals surface area contributed by atoms with Crippen LogP contribution in [0.4, 0.5) is 0 Å². The van der Waals surface area contributed by atoms with Gasteiger partial charge in [0.2, 0.25) is 0 Å². The summed E-state index contributed by atoms with van der Waals surface area (Å²) in [6.07, 6.45) is 4.03. The highest BCUT2D eigenvalue weighted by atomic mass is 15.0. The minimum absolute atomic E-state index is 0.636. The zero-order valence-corrected chi connectivity index (χ0v) is 11.8. The van der Waals surface area contributed by atoms with Gasteiger partial charge in [0.05, 0.1) is 17.6 Å². The molecule has 3 heteroatoms. The van der Waals surface area contributed by atoms with Gasteiger partial charge in [0.15, 0.2) is 0 Å². The number of fused-ring (bicyclic) bond motifs is 1. The Balaban J connectivity index is 1.65. The van der Waals surface area contributed by atoms with Crippen molar-refractivity contribution in [2.24, 2.45) is 11.8 Å². The zero-order chi connectivity index (χ0) is 13.2. The van der Waals surface area contributed by atoms with Gasteiger partial charge in [-0.3, -0.25) is 0 Å². The molecule has 0 saturated heterocycles. The molecule has 1 heterocycles. The number of nitrogens with zero attached hydrogens (tertiary/aromatic N) is 1. The lowest BCUT2D eigenvalue weighted by atomic mass is 9.78. The Labute approximate surface area is 114 Å². The van der Waals surface area contributed by atoms with Crippen molar-refractivity contribution in [3.63, 3.8) is 0 Å². The van der Waals surface area contributed by atoms with Gasteiger partial charge >= 0.3 is 0 Å². The number of hydrogen-bond acceptors (Lipinski definition) is 2. The third-order valence-corrected chi connectivity index (χ3v) is 4.68. The summed E-state index contributed by atoms with van der Waals surface area (Å²) in [5, 5.41) is 3.69. The maximum atomic E-state index is 4.62. The van der Waals surface area contributed by atoms with E-state index in [1.807, 2.05) is 12.1 Å². The largest absolute Gasteiger partial charge is 0.341 e. The van der Waals surface area contributed by atoms with E-state index in [4.69, 9.17) is 0 Å². The molecule has 0 aliphatic heterocycles. The molecule has 3 nitrogen and oxygen atoms in total. The Kier molecular flexibility index (Phi) is 3.56. The number of imidazole rings is 1. The van der Waals surface area contributed by atoms with Crippen LogP contribution in [0.5, 0.6) is 0 Å². The molecule has 0 bridgehead atoms. The fourth-order valence-electron chi connectivity index (χ4n) is 3.19. The maximum absolute atomic E-state index is 4.62. The molecule has 1 saturated carbocycles. The van der Waals surface area contributed by atoms with E-state index in [2.05, 4.69) is 41.3 Å². The minimum atomic E-state index is 0.636. The topological polar surface area (TPSA) is 40.7 Å². The number of benzene rings is 1. The lowest BCUT2D eigenvalue weighted by Gasteiger charge is -2.34. The SMILES string of the molecule is CC1CCCC(NCc2nc3ccccc3[nH]2)C1C. The molecular formula is C16H23N3. The Morgan fingerprint density at radius 2 is 2.11 bits per heavy atom. The predicted octanol–water partition coefficient (Wildman–Crippen LogP) is 3.48. The Morgan fingerprint density at radius 1 is 1.26 bits per heavy atom. The molecule has 1 aromatic heterocycles. The molecule has 3 rings (SSSR count). The smallest absolute Gasteiger partial charge is 0.121 e. The summed E-state index contributed by atoms with van der Waals surface area (Å²) in [7, 11) is 0. The number of aromatic nitrogens is 2. The van der Waals surface area contributed by atoms with Crippen molar-refractivity contribution in [3.8, 4) is 0 Å². The quantitative estimate of drug-likeness (QED) is 0.884. The van der Waals surface area contributed by atoms with Crippen molar-refractivity contribution in [1.29, 1.82) is 0 Å². The van der Waals surface area contributed by atoms with Crippen LogP contribution in [0.2, 0.25) is 0 Å². The average molecular weight is 257 g/mol. The van der Waals surface area contributed by atoms with Crippen molar-refractivity contribution in [3.05, 3.63) is 30.1 Å². The number of rotatable bonds is 3. The molecule has 0 radical (unpaired) electrons. The summed E-state index contributed by atoms with van der Waals surface area (Å²) in [4.78, 5) is 8.01. The monoisotopic (exact) mass is 257 g/mol. The van der Waals surface area contributed by atoms with Crippen molar-refractivity contribution in [2.75, 3.05) is 0 Å². The molecule has 1 aromatic carbocycles. The molecule has 1 aliphatic rings. The first-order valence-electron chi connectivity index (χ1n) is 7.41. The lowest BCUT2D eigenvalue weighted by molar-refractivity contribution is 0.205. The molecule has 1 aliphatic carbocycles. The number of hydrogen-bond donors (Lipinski definition) is 2. The number of H-pyrrole nitrogens is 1. The summed E-state index contributed by atoms with van der Waals surface area (Å²) in [6.45, 7) is 5.59. The van der Waals surface area contributed by atoms with Crippen molar-refractivity contribution in [1.82, 2.24) is 15.3 Å². The molecule has 19 heavy (non-hydrogen) atoms. The second-order valence-electron chi connectivity index (χ2n) is 5.96. The number of aromatic amines is 1. The summed E-state index contributed by atoms with van der Waals surface area (Å²) >= 11 is 0. The molecule has 0 spiro atoms. The van der Waals surface area contributed by atoms with Crippen molar-refractivity contribution < 1.29 is 0 Å². The van der Waals surface area contributed by atoms with E-state index in [1.165, 1.54) is 19.3 Å². The predicted molar refractivity (Wildman–Crippen MR) is 78.9 cm³/mol. The molecule has 2 aromatic rings. The van der Waals surface area contributed by atoms with Crippen LogP contribution in [0.25, 0.3) is 11.0 Å². The minimum Gasteiger partial charge on any atom is -0.341 e. The molecule has 3 unspecified atom stereocenters. The van der Waals surface area contributed by atoms with Gasteiger partial charge in [-0.2, -0.15) is 0 Å². The summed E-state index contributed by atoms with van der Waals surface area (Å²) in [6, 6.07) is 8.85. The summed E-state index contributed by atoms with van der Waals surface area (Å²) in [5.41, 5.74) is 2.19. The van der Waals surface area contributed by atoms with Crippen molar-refractivity contribution >= 4 is 11.0 Å². The molecular weight excluding hydrogens is 234 g/mol. The van der Waals surface area contributed by atoms with Crippen LogP contribution in [0, 0.1) is 11.8 Å². The summed E-state index contributed by atoms with van der Waals surface area (Å²) in [5.74, 6) is 2.65. The van der Waals surface area contributed by atoms with Crippen LogP contribution in [-0.2, 0) is 6.54 Å². The lowest BCUT2D eigenvalue weighted by Crippen LogP contribution is -2.40. The van der Waals surface area contributed by atoms with Crippen LogP contribution in [-0.4, -0.2) is 16.0 Å². The van der Waals surface area contributed by atoms with Crippen LogP contribution in [0.1, 0.15) is 38.9 Å². The van der Waals surface area contributed by atoms with Gasteiger partial charge < -0.3 is 10.3 Å². The van der Waals surface area contributed by atoms with E-state index in [0.29, 0.717) is 6.04 Å². The zero-order valence-electron chi connectivity index (χ0n) is 11.8. The molecule has 0 amide bonds. The highest BCUT2D eigenvalue weighted by molar-refractivity contribution is 5.74. The van der Waals surface area contributed by atoms with E-state index < -0.39 is 0 Å². The second kappa shape index (κ2) is 5.33. The van der Waals surface area contributed by atoms with Crippen molar-refractivity contribution in [2.45, 2.75) is 45.7 Å². The van der Waals surface area contributed by atoms with Gasteiger partial charge in [-0.15, -0.1) is 0 Å². The van der Waals surface area contributed by atoms with E-state index in [9.17, 15) is 0 Å². The summed E-state index contributed by atoms with van der Waals surface area (Å²) < 4.78 is 0. The van der Waals surface area contributed by atoms with Gasteiger partial charge in [-0.05, 0) is 30.4 Å². The molecule has 1 fully saturated rings. The first kappa shape index (κ1) is 12.7. The Bertz CT molecular complexity index is 513. The first-order valence-corrected chi connectivity index (χ1v) is 7.41. The molecule has 3 atom stereocenters. The molecule has 2 N–H and O–H groups in total. The van der Waals surface area contributed by atoms with E-state index in [-0.39, 0.29) is 0 Å². The fourth-order valence-corrected chi connectivity index (χ4v) is 3.19. The maximum Gasteiger partial charge on any atom is 0.121 e. The first-order chi connectivity index (χ1) is 9.24. The van der Waals surface area contributed by atoms with Gasteiger partial charge in [0.25, 0.3) is 0 Å². The normalized spacial score (nSPS) is 27.8. The van der Waals surface area contributed by atoms with Crippen LogP contribution in [0.15, 0.2) is 24.3 Å². The van der Waals surface area contributed by atoms with Crippen LogP contribution >= 0.6 is 0 Å². The number of para-hydroxylation sites is 2. The standard InChI is InChI=1S/C16H23N3/c1-11-6-5-9-13(12(11)2)17-10-16-18-14-7-3-4-8-15(14)19-16/h3-4,7-8,11-13,17H,5-6,9-10H2,1-2H3,(H,18,19). The van der Waals surface area contributed by atoms with Crippen LogP contribution < -0.4 is 5.32 Å². The Morgan fingerprint density at radius 3 is 2.95 bits per heavy atom. The van der Waals surface area contributed by atoms with Gasteiger partial charge in [-0.25, -0.2) is 4.98 Å². The highest BCUT2D eigenvalue weighted by Gasteiger charge is 2.26. The number of nitrogens with one attached hydrogen (secondary N) is 2. The third kappa shape index (κ3) is 2.66. The van der Waals surface area contributed by atoms with E-state index in [1.54, 1.807) is 0 Å². The Hall–Kier alpha value is -1.35.